The van der Waals surface area contributed by atoms with Gasteiger partial charge in [0.05, 0.1) is 0 Å². The van der Waals surface area contributed by atoms with Gasteiger partial charge in [0.1, 0.15) is 5.82 Å². The van der Waals surface area contributed by atoms with Crippen molar-refractivity contribution < 1.29 is 4.39 Å². The number of aromatic nitrogens is 1. The highest BCUT2D eigenvalue weighted by Crippen LogP contribution is 2.05. The minimum absolute atomic E-state index is 0.215. The number of hydrogen-bond acceptors (Lipinski definition) is 1. The molecular weight excluding hydrogens is 189 g/mol. The number of nitrogens with zero attached hydrogens (tertiary/aromatic N) is 1. The van der Waals surface area contributed by atoms with E-state index in [0.29, 0.717) is 5.56 Å². The van der Waals surface area contributed by atoms with E-state index >= 15 is 0 Å². The van der Waals surface area contributed by atoms with Crippen LogP contribution in [0.2, 0.25) is 0 Å². The summed E-state index contributed by atoms with van der Waals surface area (Å²) in [4.78, 5) is 3.78. The van der Waals surface area contributed by atoms with Crippen molar-refractivity contribution in [3.63, 3.8) is 0 Å². The van der Waals surface area contributed by atoms with Crippen molar-refractivity contribution in [1.82, 2.24) is 4.98 Å². The average Bonchev–Trinajstić information content (AvgIpc) is 2.33. The first kappa shape index (κ1) is 11.1. The van der Waals surface area contributed by atoms with Gasteiger partial charge >= 0.3 is 0 Å². The summed E-state index contributed by atoms with van der Waals surface area (Å²) >= 11 is 0. The van der Waals surface area contributed by atoms with E-state index in [2.05, 4.69) is 11.6 Å². The first-order valence-corrected chi connectivity index (χ1v) is 4.56. The van der Waals surface area contributed by atoms with Gasteiger partial charge in [-0.2, -0.15) is 0 Å². The Kier molecular flexibility index (Phi) is 4.81. The van der Waals surface area contributed by atoms with Crippen LogP contribution in [0, 0.1) is 5.82 Å². The predicted molar refractivity (Wildman–Crippen MR) is 60.7 cm³/mol. The lowest BCUT2D eigenvalue weighted by Gasteiger charge is -1.91. The van der Waals surface area contributed by atoms with Gasteiger partial charge in [-0.25, -0.2) is 4.39 Å². The number of hydrogen-bond donors (Lipinski definition) is 0. The molecule has 0 spiro atoms. The molecule has 15 heavy (non-hydrogen) atoms. The van der Waals surface area contributed by atoms with Gasteiger partial charge in [-0.1, -0.05) is 36.9 Å². The largest absolute Gasteiger partial charge is 0.265 e. The number of pyridine rings is 1. The van der Waals surface area contributed by atoms with Crippen LogP contribution in [0.4, 0.5) is 4.39 Å². The minimum Gasteiger partial charge on any atom is -0.265 e. The summed E-state index contributed by atoms with van der Waals surface area (Å²) in [6, 6.07) is 12.2. The second-order valence-electron chi connectivity index (χ2n) is 2.75. The third-order valence-electron chi connectivity index (χ3n) is 1.69. The van der Waals surface area contributed by atoms with E-state index in [0.717, 1.165) is 0 Å². The highest BCUT2D eigenvalue weighted by molar-refractivity contribution is 5.46. The molecular formula is C13H12FN. The Bertz CT molecular complexity index is 372. The summed E-state index contributed by atoms with van der Waals surface area (Å²) in [6.45, 7) is 3.45. The smallest absolute Gasteiger partial charge is 0.130 e. The summed E-state index contributed by atoms with van der Waals surface area (Å²) in [5.41, 5.74) is 0.553. The van der Waals surface area contributed by atoms with Gasteiger partial charge < -0.3 is 0 Å². The monoisotopic (exact) mass is 201 g/mol. The lowest BCUT2D eigenvalue weighted by molar-refractivity contribution is 0.625. The molecule has 0 amide bonds. The third-order valence-corrected chi connectivity index (χ3v) is 1.69. The van der Waals surface area contributed by atoms with E-state index in [1.54, 1.807) is 30.6 Å². The number of rotatable bonds is 1. The molecule has 1 aromatic carbocycles. The molecule has 1 aromatic heterocycles. The highest BCUT2D eigenvalue weighted by atomic mass is 19.1. The Hall–Kier alpha value is -1.96. The maximum Gasteiger partial charge on any atom is 0.130 e. The molecule has 2 heteroatoms. The zero-order chi connectivity index (χ0) is 10.9. The molecule has 0 fully saturated rings. The van der Waals surface area contributed by atoms with E-state index in [1.807, 2.05) is 18.2 Å². The van der Waals surface area contributed by atoms with Gasteiger partial charge in [-0.3, -0.25) is 4.98 Å². The lowest BCUT2D eigenvalue weighted by Crippen LogP contribution is -1.76. The summed E-state index contributed by atoms with van der Waals surface area (Å²) in [5.74, 6) is -0.215. The SMILES string of the molecule is C=Cc1ccccc1F.c1ccncc1. The molecule has 1 heterocycles. The van der Waals surface area contributed by atoms with Crippen LogP contribution in [-0.2, 0) is 0 Å². The van der Waals surface area contributed by atoms with Crippen molar-refractivity contribution in [2.24, 2.45) is 0 Å². The first-order chi connectivity index (χ1) is 7.34. The fourth-order valence-corrected chi connectivity index (χ4v) is 0.953. The van der Waals surface area contributed by atoms with E-state index < -0.39 is 0 Å². The number of benzene rings is 1. The maximum absolute atomic E-state index is 12.5. The van der Waals surface area contributed by atoms with E-state index in [1.165, 1.54) is 12.1 Å². The quantitative estimate of drug-likeness (QED) is 0.687. The average molecular weight is 201 g/mol. The van der Waals surface area contributed by atoms with Crippen molar-refractivity contribution in [2.45, 2.75) is 0 Å². The van der Waals surface area contributed by atoms with Crippen molar-refractivity contribution in [3.8, 4) is 0 Å². The van der Waals surface area contributed by atoms with Crippen LogP contribution < -0.4 is 0 Å². The molecule has 2 rings (SSSR count). The second-order valence-corrected chi connectivity index (χ2v) is 2.75. The van der Waals surface area contributed by atoms with Crippen LogP contribution in [0.5, 0.6) is 0 Å². The molecule has 0 saturated carbocycles. The summed E-state index contributed by atoms with van der Waals surface area (Å²) in [7, 11) is 0. The van der Waals surface area contributed by atoms with Crippen LogP contribution in [0.15, 0.2) is 61.4 Å². The molecule has 0 radical (unpaired) electrons. The predicted octanol–water partition coefficient (Wildman–Crippen LogP) is 3.55. The van der Waals surface area contributed by atoms with Gasteiger partial charge in [0, 0.05) is 18.0 Å². The lowest BCUT2D eigenvalue weighted by atomic mass is 10.2. The Morgan fingerprint density at radius 1 is 1.00 bits per heavy atom. The zero-order valence-electron chi connectivity index (χ0n) is 8.31. The molecule has 0 saturated heterocycles. The normalized spacial score (nSPS) is 8.60. The van der Waals surface area contributed by atoms with E-state index in [-0.39, 0.29) is 5.82 Å². The van der Waals surface area contributed by atoms with E-state index in [4.69, 9.17) is 0 Å². The molecule has 0 atom stereocenters. The second kappa shape index (κ2) is 6.49. The first-order valence-electron chi connectivity index (χ1n) is 4.56. The topological polar surface area (TPSA) is 12.9 Å². The van der Waals surface area contributed by atoms with Crippen LogP contribution in [0.3, 0.4) is 0 Å². The molecule has 0 unspecified atom stereocenters. The van der Waals surface area contributed by atoms with E-state index in [9.17, 15) is 4.39 Å². The van der Waals surface area contributed by atoms with Crippen molar-refractivity contribution >= 4 is 6.08 Å². The Labute approximate surface area is 88.9 Å². The van der Waals surface area contributed by atoms with Gasteiger partial charge in [0.25, 0.3) is 0 Å². The van der Waals surface area contributed by atoms with Gasteiger partial charge in [0.2, 0.25) is 0 Å². The Morgan fingerprint density at radius 3 is 2.00 bits per heavy atom. The summed E-state index contributed by atoms with van der Waals surface area (Å²) in [6.07, 6.45) is 5.00. The Morgan fingerprint density at radius 2 is 1.67 bits per heavy atom. The standard InChI is InChI=1S/C8H7F.C5H5N/c1-2-7-5-3-4-6-8(7)9;1-2-4-6-5-3-1/h2-6H,1H2;1-5H. The molecule has 0 aliphatic carbocycles. The summed E-state index contributed by atoms with van der Waals surface area (Å²) in [5, 5.41) is 0. The van der Waals surface area contributed by atoms with Crippen molar-refractivity contribution in [3.05, 3.63) is 72.8 Å². The van der Waals surface area contributed by atoms with Crippen LogP contribution >= 0.6 is 0 Å². The zero-order valence-corrected chi connectivity index (χ0v) is 8.31. The number of halogens is 1. The molecule has 0 aliphatic heterocycles. The molecule has 0 N–H and O–H groups in total. The molecule has 0 aliphatic rings. The summed E-state index contributed by atoms with van der Waals surface area (Å²) < 4.78 is 12.5. The van der Waals surface area contributed by atoms with Crippen LogP contribution in [0.1, 0.15) is 5.56 Å². The minimum atomic E-state index is -0.215. The fourth-order valence-electron chi connectivity index (χ4n) is 0.953. The third kappa shape index (κ3) is 4.18. The molecule has 76 valence electrons. The highest BCUT2D eigenvalue weighted by Gasteiger charge is 1.91. The molecule has 1 nitrogen and oxygen atoms in total. The fraction of sp³-hybridized carbons (Fsp3) is 0. The van der Waals surface area contributed by atoms with Crippen LogP contribution in [-0.4, -0.2) is 4.98 Å². The van der Waals surface area contributed by atoms with Crippen molar-refractivity contribution in [2.75, 3.05) is 0 Å². The van der Waals surface area contributed by atoms with Crippen LogP contribution in [0.25, 0.3) is 6.08 Å². The molecule has 0 bridgehead atoms. The van der Waals surface area contributed by atoms with Crippen molar-refractivity contribution in [1.29, 1.82) is 0 Å². The Balaban J connectivity index is 0.000000162. The van der Waals surface area contributed by atoms with Gasteiger partial charge in [0.15, 0.2) is 0 Å². The molecule has 2 aromatic rings. The van der Waals surface area contributed by atoms with Gasteiger partial charge in [-0.15, -0.1) is 0 Å². The maximum atomic E-state index is 12.5. The van der Waals surface area contributed by atoms with Gasteiger partial charge in [-0.05, 0) is 18.2 Å².